The Morgan fingerprint density at radius 2 is 2.04 bits per heavy atom. The summed E-state index contributed by atoms with van der Waals surface area (Å²) < 4.78 is 2.07. The number of rotatable bonds is 6. The molecule has 2 fully saturated rings. The van der Waals surface area contributed by atoms with E-state index in [9.17, 15) is 4.79 Å². The number of hydrogen-bond acceptors (Lipinski definition) is 3. The molecule has 2 atom stereocenters. The lowest BCUT2D eigenvalue weighted by molar-refractivity contribution is 0.0509. The van der Waals surface area contributed by atoms with E-state index in [4.69, 9.17) is 0 Å². The second kappa shape index (κ2) is 7.81. The fourth-order valence-electron chi connectivity index (χ4n) is 4.01. The van der Waals surface area contributed by atoms with Gasteiger partial charge in [0.15, 0.2) is 0 Å². The monoisotopic (exact) mass is 319 g/mol. The largest absolute Gasteiger partial charge is 0.338 e. The van der Waals surface area contributed by atoms with E-state index in [0.29, 0.717) is 18.1 Å². The van der Waals surface area contributed by atoms with Crippen LogP contribution in [0.4, 0.5) is 4.79 Å². The molecule has 6 nitrogen and oxygen atoms in total. The lowest BCUT2D eigenvalue weighted by Gasteiger charge is -2.47. The van der Waals surface area contributed by atoms with Crippen molar-refractivity contribution in [2.75, 3.05) is 13.6 Å². The van der Waals surface area contributed by atoms with Crippen LogP contribution in [0.25, 0.3) is 0 Å². The van der Waals surface area contributed by atoms with E-state index in [0.717, 1.165) is 38.8 Å². The first-order valence-electron chi connectivity index (χ1n) is 8.94. The maximum atomic E-state index is 12.1. The first-order chi connectivity index (χ1) is 11.2. The van der Waals surface area contributed by atoms with Gasteiger partial charge in [-0.25, -0.2) is 9.78 Å². The summed E-state index contributed by atoms with van der Waals surface area (Å²) in [6.07, 6.45) is 13.7. The molecule has 2 N–H and O–H groups in total. The fraction of sp³-hybridized carbons (Fsp3) is 0.765. The highest BCUT2D eigenvalue weighted by Gasteiger charge is 2.36. The molecule has 1 aromatic rings. The van der Waals surface area contributed by atoms with Gasteiger partial charge in [-0.15, -0.1) is 0 Å². The highest BCUT2D eigenvalue weighted by molar-refractivity contribution is 5.74. The van der Waals surface area contributed by atoms with Crippen LogP contribution in [-0.2, 0) is 6.54 Å². The molecule has 3 heterocycles. The van der Waals surface area contributed by atoms with Gasteiger partial charge in [0, 0.05) is 43.6 Å². The zero-order chi connectivity index (χ0) is 16.1. The van der Waals surface area contributed by atoms with E-state index in [1.54, 1.807) is 6.20 Å². The number of carbonyl (C=O) groups excluding carboxylic acids is 1. The van der Waals surface area contributed by atoms with E-state index < -0.39 is 0 Å². The van der Waals surface area contributed by atoms with Gasteiger partial charge < -0.3 is 20.1 Å². The van der Waals surface area contributed by atoms with Crippen LogP contribution in [0, 0.1) is 0 Å². The van der Waals surface area contributed by atoms with Crippen LogP contribution in [-0.4, -0.2) is 52.2 Å². The highest BCUT2D eigenvalue weighted by Crippen LogP contribution is 2.32. The fourth-order valence-corrected chi connectivity index (χ4v) is 4.01. The smallest absolute Gasteiger partial charge is 0.315 e. The molecule has 2 aliphatic heterocycles. The number of urea groups is 1. The molecule has 2 bridgehead atoms. The van der Waals surface area contributed by atoms with Crippen molar-refractivity contribution >= 4 is 6.03 Å². The molecular weight excluding hydrogens is 290 g/mol. The van der Waals surface area contributed by atoms with Crippen molar-refractivity contribution in [3.05, 3.63) is 18.7 Å². The normalized spacial score (nSPS) is 27.6. The molecular formula is C17H29N5O. The number of carbonyl (C=O) groups is 1. The lowest BCUT2D eigenvalue weighted by Crippen LogP contribution is -2.56. The van der Waals surface area contributed by atoms with Crippen LogP contribution >= 0.6 is 0 Å². The van der Waals surface area contributed by atoms with Crippen molar-refractivity contribution < 1.29 is 4.79 Å². The summed E-state index contributed by atoms with van der Waals surface area (Å²) in [5.74, 6) is 0. The summed E-state index contributed by atoms with van der Waals surface area (Å²) in [5, 5.41) is 6.18. The predicted molar refractivity (Wildman–Crippen MR) is 90.2 cm³/mol. The number of imidazole rings is 1. The van der Waals surface area contributed by atoms with E-state index >= 15 is 0 Å². The Balaban J connectivity index is 1.30. The molecule has 0 saturated carbocycles. The summed E-state index contributed by atoms with van der Waals surface area (Å²) in [6, 6.07) is 1.65. The maximum Gasteiger partial charge on any atom is 0.315 e. The third-order valence-corrected chi connectivity index (χ3v) is 5.36. The Morgan fingerprint density at radius 3 is 2.74 bits per heavy atom. The predicted octanol–water partition coefficient (Wildman–Crippen LogP) is 1.98. The van der Waals surface area contributed by atoms with E-state index in [2.05, 4.69) is 32.1 Å². The molecule has 3 rings (SSSR count). The third kappa shape index (κ3) is 4.47. The minimum Gasteiger partial charge on any atom is -0.338 e. The van der Waals surface area contributed by atoms with Gasteiger partial charge in [-0.1, -0.05) is 6.42 Å². The molecule has 2 unspecified atom stereocenters. The standard InChI is InChI=1S/C17H29N5O/c1-21-15-5-4-6-16(21)12-14(11-15)20-17(23)19-7-2-3-9-22-10-8-18-13-22/h8,10,13-16H,2-7,9,11-12H2,1H3,(H2,19,20,23). The number of piperidine rings is 2. The molecule has 0 radical (unpaired) electrons. The average molecular weight is 319 g/mol. The number of aromatic nitrogens is 2. The number of nitrogens with zero attached hydrogens (tertiary/aromatic N) is 3. The number of amides is 2. The minimum absolute atomic E-state index is 0.000238. The molecule has 0 aliphatic carbocycles. The van der Waals surface area contributed by atoms with Crippen LogP contribution in [0.5, 0.6) is 0 Å². The van der Waals surface area contributed by atoms with Gasteiger partial charge in [0.05, 0.1) is 6.33 Å². The Morgan fingerprint density at radius 1 is 1.26 bits per heavy atom. The summed E-state index contributed by atoms with van der Waals surface area (Å²) in [5.41, 5.74) is 0. The average Bonchev–Trinajstić information content (AvgIpc) is 3.01. The van der Waals surface area contributed by atoms with Gasteiger partial charge >= 0.3 is 6.03 Å². The van der Waals surface area contributed by atoms with E-state index in [1.165, 1.54) is 19.3 Å². The van der Waals surface area contributed by atoms with Crippen LogP contribution in [0.1, 0.15) is 44.9 Å². The number of fused-ring (bicyclic) bond motifs is 2. The highest BCUT2D eigenvalue weighted by atomic mass is 16.2. The minimum atomic E-state index is 0.000238. The summed E-state index contributed by atoms with van der Waals surface area (Å²) in [7, 11) is 2.24. The second-order valence-corrected chi connectivity index (χ2v) is 6.98. The number of hydrogen-bond donors (Lipinski definition) is 2. The number of aryl methyl sites for hydroxylation is 1. The van der Waals surface area contributed by atoms with Gasteiger partial charge in [0.1, 0.15) is 0 Å². The van der Waals surface area contributed by atoms with Crippen molar-refractivity contribution in [2.24, 2.45) is 0 Å². The molecule has 0 aromatic carbocycles. The van der Waals surface area contributed by atoms with Crippen LogP contribution in [0.15, 0.2) is 18.7 Å². The molecule has 2 aliphatic rings. The van der Waals surface area contributed by atoms with Gasteiger partial charge in [-0.2, -0.15) is 0 Å². The first kappa shape index (κ1) is 16.3. The van der Waals surface area contributed by atoms with E-state index in [-0.39, 0.29) is 6.03 Å². The first-order valence-corrected chi connectivity index (χ1v) is 8.94. The van der Waals surface area contributed by atoms with Crippen molar-refractivity contribution in [3.63, 3.8) is 0 Å². The summed E-state index contributed by atoms with van der Waals surface area (Å²) in [6.45, 7) is 1.70. The topological polar surface area (TPSA) is 62.2 Å². The van der Waals surface area contributed by atoms with Gasteiger partial charge in [-0.05, 0) is 45.6 Å². The van der Waals surface area contributed by atoms with Crippen LogP contribution in [0.2, 0.25) is 0 Å². The summed E-state index contributed by atoms with van der Waals surface area (Å²) in [4.78, 5) is 18.6. The number of unbranched alkanes of at least 4 members (excludes halogenated alkanes) is 1. The third-order valence-electron chi connectivity index (χ3n) is 5.36. The zero-order valence-electron chi connectivity index (χ0n) is 14.1. The lowest BCUT2D eigenvalue weighted by atomic mass is 9.82. The molecule has 23 heavy (non-hydrogen) atoms. The Bertz CT molecular complexity index is 475. The molecule has 2 saturated heterocycles. The van der Waals surface area contributed by atoms with Gasteiger partial charge in [0.2, 0.25) is 0 Å². The molecule has 6 heteroatoms. The maximum absolute atomic E-state index is 12.1. The zero-order valence-corrected chi connectivity index (χ0v) is 14.1. The van der Waals surface area contributed by atoms with Crippen molar-refractivity contribution in [1.82, 2.24) is 25.1 Å². The van der Waals surface area contributed by atoms with Crippen LogP contribution < -0.4 is 10.6 Å². The Labute approximate surface area is 138 Å². The summed E-state index contributed by atoms with van der Waals surface area (Å²) >= 11 is 0. The van der Waals surface area contributed by atoms with Crippen molar-refractivity contribution in [3.8, 4) is 0 Å². The Hall–Kier alpha value is -1.56. The quantitative estimate of drug-likeness (QED) is 0.788. The van der Waals surface area contributed by atoms with Gasteiger partial charge in [0.25, 0.3) is 0 Å². The SMILES string of the molecule is CN1C2CCCC1CC(NC(=O)NCCCCn1ccnc1)C2. The molecule has 128 valence electrons. The van der Waals surface area contributed by atoms with E-state index in [1.807, 2.05) is 12.5 Å². The molecule has 0 spiro atoms. The Kier molecular flexibility index (Phi) is 5.54. The van der Waals surface area contributed by atoms with Gasteiger partial charge in [-0.3, -0.25) is 0 Å². The molecule has 2 amide bonds. The van der Waals surface area contributed by atoms with Crippen molar-refractivity contribution in [1.29, 1.82) is 0 Å². The molecule has 1 aromatic heterocycles. The van der Waals surface area contributed by atoms with Crippen LogP contribution in [0.3, 0.4) is 0 Å². The number of nitrogens with one attached hydrogen (secondary N) is 2. The van der Waals surface area contributed by atoms with Crippen molar-refractivity contribution in [2.45, 2.75) is 69.6 Å². The second-order valence-electron chi connectivity index (χ2n) is 6.98.